The van der Waals surface area contributed by atoms with E-state index < -0.39 is 0 Å². The monoisotopic (exact) mass is 232 g/mol. The zero-order valence-electron chi connectivity index (χ0n) is 9.42. The van der Waals surface area contributed by atoms with Gasteiger partial charge in [0.2, 0.25) is 12.2 Å². The fraction of sp³-hybridized carbons (Fsp3) is 0.333. The van der Waals surface area contributed by atoms with Gasteiger partial charge in [-0.25, -0.2) is 0 Å². The summed E-state index contributed by atoms with van der Waals surface area (Å²) in [5.74, 6) is 0.591. The molecule has 0 atom stereocenters. The van der Waals surface area contributed by atoms with E-state index in [-0.39, 0.29) is 5.60 Å². The summed E-state index contributed by atoms with van der Waals surface area (Å²) >= 11 is 0. The fourth-order valence-corrected chi connectivity index (χ4v) is 1.91. The number of nitrogens with zero attached hydrogens (tertiary/aromatic N) is 2. The van der Waals surface area contributed by atoms with E-state index in [0.29, 0.717) is 19.0 Å². The number of hydrogen-bond donors (Lipinski definition) is 0. The SMILES string of the molecule is COC1(c2ccc(-c3ncon3)cc2)COC1. The molecule has 0 N–H and O–H groups in total. The zero-order chi connectivity index (χ0) is 11.7. The summed E-state index contributed by atoms with van der Waals surface area (Å²) < 4.78 is 15.5. The zero-order valence-corrected chi connectivity index (χ0v) is 9.42. The highest BCUT2D eigenvalue weighted by molar-refractivity contribution is 5.54. The minimum absolute atomic E-state index is 0.282. The van der Waals surface area contributed by atoms with Gasteiger partial charge in [0.15, 0.2) is 0 Å². The summed E-state index contributed by atoms with van der Waals surface area (Å²) in [5, 5.41) is 3.79. The molecule has 0 amide bonds. The minimum atomic E-state index is -0.282. The molecule has 2 heterocycles. The Kier molecular flexibility index (Phi) is 2.42. The summed E-state index contributed by atoms with van der Waals surface area (Å²) in [4.78, 5) is 4.00. The lowest BCUT2D eigenvalue weighted by Crippen LogP contribution is -2.48. The van der Waals surface area contributed by atoms with E-state index in [1.807, 2.05) is 24.3 Å². The third-order valence-electron chi connectivity index (χ3n) is 3.09. The summed E-state index contributed by atoms with van der Waals surface area (Å²) in [7, 11) is 1.70. The molecule has 1 aliphatic heterocycles. The number of aromatic nitrogens is 2. The van der Waals surface area contributed by atoms with Gasteiger partial charge >= 0.3 is 0 Å². The Morgan fingerprint density at radius 2 is 2.00 bits per heavy atom. The van der Waals surface area contributed by atoms with Crippen LogP contribution < -0.4 is 0 Å². The summed E-state index contributed by atoms with van der Waals surface area (Å²) in [6.07, 6.45) is 1.32. The van der Waals surface area contributed by atoms with Gasteiger partial charge in [0, 0.05) is 12.7 Å². The Morgan fingerprint density at radius 1 is 1.24 bits per heavy atom. The molecule has 0 saturated carbocycles. The van der Waals surface area contributed by atoms with Gasteiger partial charge in [0.05, 0.1) is 13.2 Å². The minimum Gasteiger partial charge on any atom is -0.375 e. The van der Waals surface area contributed by atoms with Crippen LogP contribution >= 0.6 is 0 Å². The van der Waals surface area contributed by atoms with Crippen LogP contribution in [0.1, 0.15) is 5.56 Å². The van der Waals surface area contributed by atoms with E-state index in [0.717, 1.165) is 11.1 Å². The molecule has 0 unspecified atom stereocenters. The third kappa shape index (κ3) is 1.64. The number of hydrogen-bond acceptors (Lipinski definition) is 5. The van der Waals surface area contributed by atoms with Crippen molar-refractivity contribution in [1.82, 2.24) is 10.1 Å². The maximum Gasteiger partial charge on any atom is 0.214 e. The van der Waals surface area contributed by atoms with Gasteiger partial charge in [-0.15, -0.1) is 0 Å². The van der Waals surface area contributed by atoms with Crippen LogP contribution in [0.5, 0.6) is 0 Å². The van der Waals surface area contributed by atoms with Gasteiger partial charge in [0.1, 0.15) is 5.60 Å². The molecule has 3 rings (SSSR count). The van der Waals surface area contributed by atoms with Gasteiger partial charge in [-0.2, -0.15) is 4.98 Å². The molecule has 0 bridgehead atoms. The van der Waals surface area contributed by atoms with Crippen LogP contribution in [0.25, 0.3) is 11.4 Å². The summed E-state index contributed by atoms with van der Waals surface area (Å²) in [5.41, 5.74) is 1.75. The third-order valence-corrected chi connectivity index (χ3v) is 3.09. The molecule has 0 spiro atoms. The molecule has 5 heteroatoms. The van der Waals surface area contributed by atoms with E-state index in [1.165, 1.54) is 6.39 Å². The molecule has 1 saturated heterocycles. The predicted octanol–water partition coefficient (Wildman–Crippen LogP) is 1.61. The lowest BCUT2D eigenvalue weighted by molar-refractivity contribution is -0.202. The Balaban J connectivity index is 1.90. The first-order valence-electron chi connectivity index (χ1n) is 5.34. The maximum absolute atomic E-state index is 5.52. The van der Waals surface area contributed by atoms with E-state index >= 15 is 0 Å². The van der Waals surface area contributed by atoms with Gasteiger partial charge in [-0.05, 0) is 5.56 Å². The molecule has 1 aromatic heterocycles. The van der Waals surface area contributed by atoms with Crippen molar-refractivity contribution in [1.29, 1.82) is 0 Å². The average molecular weight is 232 g/mol. The highest BCUT2D eigenvalue weighted by Gasteiger charge is 2.40. The molecule has 2 aromatic rings. The van der Waals surface area contributed by atoms with Crippen LogP contribution in [-0.2, 0) is 15.1 Å². The quantitative estimate of drug-likeness (QED) is 0.804. The van der Waals surface area contributed by atoms with E-state index in [9.17, 15) is 0 Å². The first kappa shape index (κ1) is 10.4. The van der Waals surface area contributed by atoms with E-state index in [4.69, 9.17) is 14.0 Å². The van der Waals surface area contributed by atoms with Crippen molar-refractivity contribution in [3.63, 3.8) is 0 Å². The number of ether oxygens (including phenoxy) is 2. The van der Waals surface area contributed by atoms with Crippen molar-refractivity contribution in [2.45, 2.75) is 5.60 Å². The Bertz CT molecular complexity index is 483. The molecule has 1 aromatic carbocycles. The van der Waals surface area contributed by atoms with Gasteiger partial charge in [-0.3, -0.25) is 0 Å². The number of methoxy groups -OCH3 is 1. The molecule has 17 heavy (non-hydrogen) atoms. The maximum atomic E-state index is 5.52. The number of rotatable bonds is 3. The van der Waals surface area contributed by atoms with Crippen molar-refractivity contribution >= 4 is 0 Å². The van der Waals surface area contributed by atoms with E-state index in [2.05, 4.69) is 10.1 Å². The van der Waals surface area contributed by atoms with Gasteiger partial charge in [-0.1, -0.05) is 29.4 Å². The highest BCUT2D eigenvalue weighted by atomic mass is 16.6. The second kappa shape index (κ2) is 3.94. The topological polar surface area (TPSA) is 57.4 Å². The molecule has 0 aliphatic carbocycles. The van der Waals surface area contributed by atoms with Crippen molar-refractivity contribution in [3.8, 4) is 11.4 Å². The fourth-order valence-electron chi connectivity index (χ4n) is 1.91. The lowest BCUT2D eigenvalue weighted by atomic mass is 9.91. The molecule has 88 valence electrons. The molecule has 1 aliphatic rings. The Morgan fingerprint density at radius 3 is 2.47 bits per heavy atom. The Labute approximate surface area is 98.4 Å². The van der Waals surface area contributed by atoms with Crippen LogP contribution in [0.2, 0.25) is 0 Å². The highest BCUT2D eigenvalue weighted by Crippen LogP contribution is 2.33. The first-order valence-corrected chi connectivity index (χ1v) is 5.34. The van der Waals surface area contributed by atoms with Crippen LogP contribution in [0.3, 0.4) is 0 Å². The Hall–Kier alpha value is -1.72. The van der Waals surface area contributed by atoms with Crippen molar-refractivity contribution in [3.05, 3.63) is 36.2 Å². The molecular formula is C12H12N2O3. The molecule has 0 radical (unpaired) electrons. The van der Waals surface area contributed by atoms with Crippen LogP contribution in [0.4, 0.5) is 0 Å². The first-order chi connectivity index (χ1) is 8.34. The summed E-state index contributed by atoms with van der Waals surface area (Å²) in [6.45, 7) is 1.20. The predicted molar refractivity (Wildman–Crippen MR) is 59.2 cm³/mol. The largest absolute Gasteiger partial charge is 0.375 e. The number of benzene rings is 1. The smallest absolute Gasteiger partial charge is 0.214 e. The second-order valence-electron chi connectivity index (χ2n) is 4.02. The van der Waals surface area contributed by atoms with Crippen LogP contribution in [0, 0.1) is 0 Å². The van der Waals surface area contributed by atoms with Crippen molar-refractivity contribution in [2.24, 2.45) is 0 Å². The van der Waals surface area contributed by atoms with Gasteiger partial charge in [0.25, 0.3) is 0 Å². The summed E-state index contributed by atoms with van der Waals surface area (Å²) in [6, 6.07) is 7.94. The van der Waals surface area contributed by atoms with Crippen molar-refractivity contribution in [2.75, 3.05) is 20.3 Å². The molecule has 5 nitrogen and oxygen atoms in total. The molecule has 1 fully saturated rings. The van der Waals surface area contributed by atoms with Crippen LogP contribution in [0.15, 0.2) is 35.2 Å². The average Bonchev–Trinajstić information content (AvgIpc) is 2.83. The second-order valence-corrected chi connectivity index (χ2v) is 4.02. The normalized spacial score (nSPS) is 17.7. The van der Waals surface area contributed by atoms with Crippen LogP contribution in [-0.4, -0.2) is 30.5 Å². The van der Waals surface area contributed by atoms with Crippen molar-refractivity contribution < 1.29 is 14.0 Å². The standard InChI is InChI=1S/C12H12N2O3/c1-15-12(6-16-7-12)10-4-2-9(3-5-10)11-13-8-17-14-11/h2-5,8H,6-7H2,1H3. The van der Waals surface area contributed by atoms with Gasteiger partial charge < -0.3 is 14.0 Å². The lowest BCUT2D eigenvalue weighted by Gasteiger charge is -2.40. The molecular weight excluding hydrogens is 220 g/mol. The van der Waals surface area contributed by atoms with E-state index in [1.54, 1.807) is 7.11 Å².